The van der Waals surface area contributed by atoms with E-state index in [-0.39, 0.29) is 18.9 Å². The lowest BCUT2D eigenvalue weighted by atomic mass is 10.0. The second kappa shape index (κ2) is 56.1. The summed E-state index contributed by atoms with van der Waals surface area (Å²) in [6.07, 6.45) is 80.2. The number of nitrogens with one attached hydrogen (secondary N) is 1. The number of carbonyl (C=O) groups is 1. The summed E-state index contributed by atoms with van der Waals surface area (Å²) < 4.78 is 23.6. The smallest absolute Gasteiger partial charge is 0.390 e. The van der Waals surface area contributed by atoms with Crippen LogP contribution in [0.4, 0.5) is 0 Å². The van der Waals surface area contributed by atoms with E-state index in [4.69, 9.17) is 9.05 Å². The molecule has 4 unspecified atom stereocenters. The summed E-state index contributed by atoms with van der Waals surface area (Å²) >= 11 is 0. The maximum Gasteiger partial charge on any atom is 0.472 e. The van der Waals surface area contributed by atoms with E-state index in [0.717, 1.165) is 89.9 Å². The van der Waals surface area contributed by atoms with Gasteiger partial charge in [0.05, 0.1) is 39.9 Å². The number of carbonyl (C=O) groups excluding carboxylic acids is 1. The molecular weight excluding hydrogens is 976 g/mol. The van der Waals surface area contributed by atoms with Crippen LogP contribution < -0.4 is 5.32 Å². The molecule has 0 radical (unpaired) electrons. The lowest BCUT2D eigenvalue weighted by Gasteiger charge is -2.28. The van der Waals surface area contributed by atoms with Crippen LogP contribution in [-0.2, 0) is 18.4 Å². The lowest BCUT2D eigenvalue weighted by Crippen LogP contribution is -2.51. The molecule has 0 rings (SSSR count). The van der Waals surface area contributed by atoms with E-state index >= 15 is 0 Å². The molecule has 0 bridgehead atoms. The summed E-state index contributed by atoms with van der Waals surface area (Å²) in [7, 11) is 1.41. The van der Waals surface area contributed by atoms with Crippen LogP contribution in [0.1, 0.15) is 239 Å². The Hall–Kier alpha value is -3.14. The number of aliphatic hydroxyl groups is 2. The van der Waals surface area contributed by atoms with Crippen molar-refractivity contribution in [1.29, 1.82) is 0 Å². The van der Waals surface area contributed by atoms with E-state index in [9.17, 15) is 24.5 Å². The molecule has 0 heterocycles. The minimum Gasteiger partial charge on any atom is -0.390 e. The first kappa shape index (κ1) is 73.9. The van der Waals surface area contributed by atoms with Gasteiger partial charge in [0.15, 0.2) is 0 Å². The van der Waals surface area contributed by atoms with E-state index < -0.39 is 32.7 Å². The van der Waals surface area contributed by atoms with Crippen LogP contribution in [0.2, 0.25) is 0 Å². The number of amides is 1. The zero-order chi connectivity index (χ0) is 56.4. The van der Waals surface area contributed by atoms with Crippen molar-refractivity contribution in [3.05, 3.63) is 122 Å². The predicted molar refractivity (Wildman–Crippen MR) is 333 cm³/mol. The van der Waals surface area contributed by atoms with Crippen molar-refractivity contribution in [2.24, 2.45) is 0 Å². The Balaban J connectivity index is 4.08. The highest BCUT2D eigenvalue weighted by Crippen LogP contribution is 2.43. The molecule has 0 aromatic heterocycles. The summed E-state index contributed by atoms with van der Waals surface area (Å²) in [5.74, 6) is -0.274. The van der Waals surface area contributed by atoms with Gasteiger partial charge in [-0.25, -0.2) is 4.57 Å². The molecule has 0 aromatic rings. The van der Waals surface area contributed by atoms with E-state index in [2.05, 4.69) is 141 Å². The van der Waals surface area contributed by atoms with Gasteiger partial charge in [-0.15, -0.1) is 0 Å². The van der Waals surface area contributed by atoms with Crippen molar-refractivity contribution in [3.63, 3.8) is 0 Å². The van der Waals surface area contributed by atoms with E-state index in [1.54, 1.807) is 0 Å². The number of hydrogen-bond acceptors (Lipinski definition) is 6. The number of aliphatic hydroxyl groups excluding tert-OH is 2. The van der Waals surface area contributed by atoms with Crippen molar-refractivity contribution in [2.75, 3.05) is 40.9 Å². The fraction of sp³-hybridized carbons (Fsp3) is 0.687. The number of nitrogens with zero attached hydrogens (tertiary/aromatic N) is 1. The molecule has 0 spiro atoms. The molecule has 0 fully saturated rings. The van der Waals surface area contributed by atoms with Gasteiger partial charge in [0, 0.05) is 6.42 Å². The van der Waals surface area contributed by atoms with Gasteiger partial charge in [0.25, 0.3) is 0 Å². The highest BCUT2D eigenvalue weighted by atomic mass is 31.2. The summed E-state index contributed by atoms with van der Waals surface area (Å²) in [4.78, 5) is 23.3. The molecule has 0 aliphatic heterocycles. The minimum absolute atomic E-state index is 0.0118. The van der Waals surface area contributed by atoms with Gasteiger partial charge in [-0.3, -0.25) is 13.8 Å². The maximum absolute atomic E-state index is 13.0. The molecule has 0 aliphatic rings. The Morgan fingerprint density at radius 2 is 0.805 bits per heavy atom. The third-order valence-corrected chi connectivity index (χ3v) is 14.3. The van der Waals surface area contributed by atoms with Gasteiger partial charge in [-0.2, -0.15) is 0 Å². The van der Waals surface area contributed by atoms with Gasteiger partial charge >= 0.3 is 7.82 Å². The number of allylic oxidation sites excluding steroid dienone is 20. The standard InChI is InChI=1S/C67H117N2O7P/c1-6-8-10-12-14-16-18-20-21-22-23-24-25-26-27-28-29-30-31-32-33-34-35-36-37-38-39-40-41-42-43-44-45-46-47-48-50-52-54-56-58-60-66(71)68-64(63-76-77(73,74)75-62-61-69(3,4)5)67(72)65(70)59-57-55-53-51-49-19-17-15-13-11-9-7-2/h8,10,14,16,20-21,23-24,26-27,29-30,32-33,35-36,38-39,51,53,64-65,67,70,72H,6-7,9,11-13,15,17-19,22,25,28,31,34,37,40-50,52,54-63H2,1-5H3,(H-,68,71,73,74)/p+1/b10-8-,16-14-,21-20-,24-23-,27-26-,30-29-,33-32-,36-35-,39-38-,53-51+. The Labute approximate surface area is 474 Å². The first-order valence-corrected chi connectivity index (χ1v) is 32.5. The number of quaternary nitrogens is 1. The summed E-state index contributed by atoms with van der Waals surface area (Å²) in [5.41, 5.74) is 0. The molecule has 0 saturated heterocycles. The number of hydrogen-bond donors (Lipinski definition) is 4. The third-order valence-electron chi connectivity index (χ3n) is 13.3. The average Bonchev–Trinajstić information content (AvgIpc) is 3.39. The molecule has 0 saturated carbocycles. The zero-order valence-corrected chi connectivity index (χ0v) is 50.9. The number of phosphoric acid groups is 1. The normalized spacial score (nSPS) is 15.1. The fourth-order valence-corrected chi connectivity index (χ4v) is 9.17. The average molecular weight is 1090 g/mol. The van der Waals surface area contributed by atoms with Crippen LogP contribution in [0, 0.1) is 0 Å². The van der Waals surface area contributed by atoms with Gasteiger partial charge in [0.1, 0.15) is 19.3 Å². The van der Waals surface area contributed by atoms with Crippen LogP contribution in [0.3, 0.4) is 0 Å². The van der Waals surface area contributed by atoms with Gasteiger partial charge in [0.2, 0.25) is 5.91 Å². The van der Waals surface area contributed by atoms with Crippen LogP contribution in [-0.4, -0.2) is 84.6 Å². The first-order chi connectivity index (χ1) is 37.4. The molecule has 10 heteroatoms. The van der Waals surface area contributed by atoms with E-state index in [1.807, 2.05) is 21.1 Å². The molecule has 0 aliphatic carbocycles. The van der Waals surface area contributed by atoms with E-state index in [1.165, 1.54) is 109 Å². The topological polar surface area (TPSA) is 125 Å². The van der Waals surface area contributed by atoms with Crippen LogP contribution in [0.5, 0.6) is 0 Å². The highest BCUT2D eigenvalue weighted by molar-refractivity contribution is 7.47. The predicted octanol–water partition coefficient (Wildman–Crippen LogP) is 18.3. The molecule has 77 heavy (non-hydrogen) atoms. The number of rotatable bonds is 55. The van der Waals surface area contributed by atoms with Crippen LogP contribution in [0.25, 0.3) is 0 Å². The monoisotopic (exact) mass is 1090 g/mol. The summed E-state index contributed by atoms with van der Waals surface area (Å²) in [6, 6.07) is -1.06. The number of likely N-dealkylation sites (N-methyl/N-ethyl adjacent to an activating group) is 1. The lowest BCUT2D eigenvalue weighted by molar-refractivity contribution is -0.870. The summed E-state index contributed by atoms with van der Waals surface area (Å²) in [5, 5.41) is 24.8. The van der Waals surface area contributed by atoms with E-state index in [0.29, 0.717) is 30.3 Å². The SMILES string of the molecule is CC/C=C\C/C=C\C/C=C\C/C=C\C/C=C\C/C=C\C/C=C\C/C=C\C/C=C\CCCCCCCCCCCCCCCC(=O)NC(COP(=O)(O)OCC[N+](C)(C)C)C(O)C(O)CCC/C=C/CCCCCCCCC. The van der Waals surface area contributed by atoms with Gasteiger partial charge < -0.3 is 24.9 Å². The van der Waals surface area contributed by atoms with Gasteiger partial charge in [-0.05, 0) is 109 Å². The fourth-order valence-electron chi connectivity index (χ4n) is 8.43. The molecule has 9 nitrogen and oxygen atoms in total. The number of phosphoric ester groups is 1. The van der Waals surface area contributed by atoms with Crippen LogP contribution in [0.15, 0.2) is 122 Å². The summed E-state index contributed by atoms with van der Waals surface area (Å²) in [6.45, 7) is 4.45. The number of unbranched alkanes of at least 4 members (excludes halogenated alkanes) is 21. The second-order valence-corrected chi connectivity index (χ2v) is 23.3. The highest BCUT2D eigenvalue weighted by Gasteiger charge is 2.31. The van der Waals surface area contributed by atoms with Crippen molar-refractivity contribution < 1.29 is 38.0 Å². The first-order valence-electron chi connectivity index (χ1n) is 31.0. The van der Waals surface area contributed by atoms with Crippen molar-refractivity contribution >= 4 is 13.7 Å². The zero-order valence-electron chi connectivity index (χ0n) is 50.0. The Kier molecular flexibility index (Phi) is 53.9. The minimum atomic E-state index is -4.44. The molecule has 1 amide bonds. The van der Waals surface area contributed by atoms with Crippen molar-refractivity contribution in [2.45, 2.75) is 257 Å². The van der Waals surface area contributed by atoms with Crippen molar-refractivity contribution in [1.82, 2.24) is 5.32 Å². The third kappa shape index (κ3) is 57.4. The quantitative estimate of drug-likeness (QED) is 0.0207. The maximum atomic E-state index is 13.0. The second-order valence-electron chi connectivity index (χ2n) is 21.8. The Morgan fingerprint density at radius 3 is 1.19 bits per heavy atom. The molecule has 4 atom stereocenters. The van der Waals surface area contributed by atoms with Crippen molar-refractivity contribution in [3.8, 4) is 0 Å². The molecule has 442 valence electrons. The Bertz CT molecular complexity index is 1690. The molecular formula is C67H118N2O7P+. The molecule has 4 N–H and O–H groups in total. The van der Waals surface area contributed by atoms with Gasteiger partial charge in [-0.1, -0.05) is 245 Å². The van der Waals surface area contributed by atoms with Crippen LogP contribution >= 0.6 is 7.82 Å². The largest absolute Gasteiger partial charge is 0.472 e. The Morgan fingerprint density at radius 1 is 0.468 bits per heavy atom. The molecule has 0 aromatic carbocycles.